The van der Waals surface area contributed by atoms with Gasteiger partial charge >= 0.3 is 0 Å². The van der Waals surface area contributed by atoms with Crippen molar-refractivity contribution in [2.75, 3.05) is 0 Å². The number of nitrogens with zero attached hydrogens (tertiary/aromatic N) is 1. The highest BCUT2D eigenvalue weighted by Crippen LogP contribution is 2.20. The highest BCUT2D eigenvalue weighted by Gasteiger charge is 2.06. The third-order valence-electron chi connectivity index (χ3n) is 1.26. The van der Waals surface area contributed by atoms with Crippen molar-refractivity contribution in [2.45, 2.75) is 6.10 Å². The molecule has 1 N–H and O–H groups in total. The number of pyridine rings is 1. The third kappa shape index (κ3) is 1.79. The van der Waals surface area contributed by atoms with Crippen molar-refractivity contribution in [1.82, 2.24) is 4.98 Å². The molecule has 1 atom stereocenters. The number of hydrogen-bond donors (Lipinski definition) is 1. The number of terminal acetylenes is 1. The van der Waals surface area contributed by atoms with Crippen molar-refractivity contribution in [1.29, 1.82) is 0 Å². The molecule has 0 saturated carbocycles. The molecule has 1 rings (SSSR count). The summed E-state index contributed by atoms with van der Waals surface area (Å²) in [6, 6.07) is 1.68. The molecule has 1 aromatic heterocycles. The van der Waals surface area contributed by atoms with E-state index in [1.165, 1.54) is 0 Å². The molecule has 0 aliphatic rings. The second kappa shape index (κ2) is 3.51. The van der Waals surface area contributed by atoms with Gasteiger partial charge in [-0.1, -0.05) is 5.92 Å². The lowest BCUT2D eigenvalue weighted by molar-refractivity contribution is 0.237. The van der Waals surface area contributed by atoms with Crippen LogP contribution < -0.4 is 0 Å². The van der Waals surface area contributed by atoms with Gasteiger partial charge in [0.1, 0.15) is 6.10 Å². The normalized spacial score (nSPS) is 12.1. The van der Waals surface area contributed by atoms with E-state index >= 15 is 0 Å². The van der Waals surface area contributed by atoms with Crippen molar-refractivity contribution < 1.29 is 5.11 Å². The second-order valence-electron chi connectivity index (χ2n) is 1.97. The standard InChI is InChI=1S/C8H6BrNO/c1-2-8(11)6-3-4-10-5-7(6)9/h1,3-5,8,11H. The van der Waals surface area contributed by atoms with E-state index in [0.717, 1.165) is 4.47 Å². The summed E-state index contributed by atoms with van der Waals surface area (Å²) >= 11 is 3.22. The average Bonchev–Trinajstić information content (AvgIpc) is 2.04. The molecule has 0 bridgehead atoms. The summed E-state index contributed by atoms with van der Waals surface area (Å²) in [5, 5.41) is 9.22. The van der Waals surface area contributed by atoms with Crippen LogP contribution in [0.3, 0.4) is 0 Å². The fourth-order valence-electron chi connectivity index (χ4n) is 0.697. The molecule has 0 radical (unpaired) electrons. The Hall–Kier alpha value is -0.850. The van der Waals surface area contributed by atoms with E-state index in [1.54, 1.807) is 18.5 Å². The second-order valence-corrected chi connectivity index (χ2v) is 2.82. The number of rotatable bonds is 1. The van der Waals surface area contributed by atoms with Gasteiger partial charge in [-0.2, -0.15) is 0 Å². The van der Waals surface area contributed by atoms with Crippen LogP contribution >= 0.6 is 15.9 Å². The molecule has 0 fully saturated rings. The molecule has 0 amide bonds. The maximum absolute atomic E-state index is 9.22. The molecule has 0 aliphatic carbocycles. The highest BCUT2D eigenvalue weighted by molar-refractivity contribution is 9.10. The quantitative estimate of drug-likeness (QED) is 0.715. The van der Waals surface area contributed by atoms with Crippen molar-refractivity contribution in [2.24, 2.45) is 0 Å². The lowest BCUT2D eigenvalue weighted by Crippen LogP contribution is -1.94. The zero-order valence-electron chi connectivity index (χ0n) is 5.66. The Morgan fingerprint density at radius 1 is 1.73 bits per heavy atom. The van der Waals surface area contributed by atoms with Crippen LogP contribution in [0.15, 0.2) is 22.9 Å². The summed E-state index contributed by atoms with van der Waals surface area (Å²) in [5.41, 5.74) is 0.669. The van der Waals surface area contributed by atoms with Gasteiger partial charge in [0, 0.05) is 22.4 Å². The fraction of sp³-hybridized carbons (Fsp3) is 0.125. The van der Waals surface area contributed by atoms with Gasteiger partial charge in [-0.3, -0.25) is 4.98 Å². The molecule has 0 aliphatic heterocycles. The summed E-state index contributed by atoms with van der Waals surface area (Å²) in [4.78, 5) is 3.84. The van der Waals surface area contributed by atoms with E-state index in [9.17, 15) is 5.11 Å². The van der Waals surface area contributed by atoms with Crippen LogP contribution in [0, 0.1) is 12.3 Å². The molecule has 2 nitrogen and oxygen atoms in total. The van der Waals surface area contributed by atoms with E-state index in [4.69, 9.17) is 6.42 Å². The SMILES string of the molecule is C#CC(O)c1ccncc1Br. The number of aliphatic hydroxyl groups excluding tert-OH is 1. The molecule has 1 heterocycles. The van der Waals surface area contributed by atoms with E-state index < -0.39 is 6.10 Å². The minimum absolute atomic E-state index is 0.669. The lowest BCUT2D eigenvalue weighted by atomic mass is 10.2. The molecule has 0 aromatic carbocycles. The molecular weight excluding hydrogens is 206 g/mol. The Morgan fingerprint density at radius 2 is 2.45 bits per heavy atom. The highest BCUT2D eigenvalue weighted by atomic mass is 79.9. The van der Waals surface area contributed by atoms with Crippen LogP contribution in [-0.2, 0) is 0 Å². The van der Waals surface area contributed by atoms with E-state index in [1.807, 2.05) is 0 Å². The first-order chi connectivity index (χ1) is 5.25. The van der Waals surface area contributed by atoms with Crippen molar-refractivity contribution in [3.8, 4) is 12.3 Å². The van der Waals surface area contributed by atoms with E-state index in [-0.39, 0.29) is 0 Å². The van der Waals surface area contributed by atoms with Gasteiger partial charge in [0.25, 0.3) is 0 Å². The fourth-order valence-corrected chi connectivity index (χ4v) is 1.16. The van der Waals surface area contributed by atoms with Gasteiger partial charge in [0.15, 0.2) is 0 Å². The van der Waals surface area contributed by atoms with Crippen LogP contribution in [-0.4, -0.2) is 10.1 Å². The predicted molar refractivity (Wildman–Crippen MR) is 45.7 cm³/mol. The summed E-state index contributed by atoms with van der Waals surface area (Å²) < 4.78 is 0.727. The first-order valence-corrected chi connectivity index (χ1v) is 3.78. The first kappa shape index (κ1) is 8.25. The lowest BCUT2D eigenvalue weighted by Gasteiger charge is -2.04. The van der Waals surface area contributed by atoms with Crippen LogP contribution in [0.25, 0.3) is 0 Å². The van der Waals surface area contributed by atoms with Crippen LogP contribution in [0.5, 0.6) is 0 Å². The number of hydrogen-bond acceptors (Lipinski definition) is 2. The zero-order valence-corrected chi connectivity index (χ0v) is 7.25. The van der Waals surface area contributed by atoms with Gasteiger partial charge in [-0.15, -0.1) is 6.42 Å². The Morgan fingerprint density at radius 3 is 3.00 bits per heavy atom. The Bertz CT molecular complexity index is 292. The van der Waals surface area contributed by atoms with Crippen molar-refractivity contribution >= 4 is 15.9 Å². The smallest absolute Gasteiger partial charge is 0.141 e. The van der Waals surface area contributed by atoms with Crippen molar-refractivity contribution in [3.63, 3.8) is 0 Å². The van der Waals surface area contributed by atoms with Gasteiger partial charge < -0.3 is 5.11 Å². The number of aliphatic hydroxyl groups is 1. The third-order valence-corrected chi connectivity index (χ3v) is 1.92. The monoisotopic (exact) mass is 211 g/mol. The predicted octanol–water partition coefficient (Wildman–Crippen LogP) is 1.51. The maximum Gasteiger partial charge on any atom is 0.141 e. The van der Waals surface area contributed by atoms with Crippen molar-refractivity contribution in [3.05, 3.63) is 28.5 Å². The van der Waals surface area contributed by atoms with Crippen LogP contribution in [0.2, 0.25) is 0 Å². The maximum atomic E-state index is 9.22. The zero-order chi connectivity index (χ0) is 8.27. The summed E-state index contributed by atoms with van der Waals surface area (Å²) in [7, 11) is 0. The Balaban J connectivity index is 3.05. The molecule has 0 saturated heterocycles. The molecule has 56 valence electrons. The average molecular weight is 212 g/mol. The summed E-state index contributed by atoms with van der Waals surface area (Å²) in [5.74, 6) is 2.22. The minimum atomic E-state index is -0.854. The summed E-state index contributed by atoms with van der Waals surface area (Å²) in [6.07, 6.45) is 7.35. The molecule has 1 aromatic rings. The molecule has 11 heavy (non-hydrogen) atoms. The van der Waals surface area contributed by atoms with Gasteiger partial charge in [-0.05, 0) is 22.0 Å². The van der Waals surface area contributed by atoms with Gasteiger partial charge in [0.2, 0.25) is 0 Å². The topological polar surface area (TPSA) is 33.1 Å². The van der Waals surface area contributed by atoms with Crippen LogP contribution in [0.4, 0.5) is 0 Å². The van der Waals surface area contributed by atoms with Gasteiger partial charge in [0.05, 0.1) is 0 Å². The molecule has 3 heteroatoms. The summed E-state index contributed by atoms with van der Waals surface area (Å²) in [6.45, 7) is 0. The van der Waals surface area contributed by atoms with Crippen LogP contribution in [0.1, 0.15) is 11.7 Å². The first-order valence-electron chi connectivity index (χ1n) is 2.99. The molecular formula is C8H6BrNO. The van der Waals surface area contributed by atoms with Gasteiger partial charge in [-0.25, -0.2) is 0 Å². The molecule has 1 unspecified atom stereocenters. The molecule has 0 spiro atoms. The largest absolute Gasteiger partial charge is 0.376 e. The Labute approximate surface area is 73.4 Å². The minimum Gasteiger partial charge on any atom is -0.376 e. The number of halogens is 1. The number of aromatic nitrogens is 1. The Kier molecular flexibility index (Phi) is 2.64. The van der Waals surface area contributed by atoms with E-state index in [2.05, 4.69) is 26.8 Å². The van der Waals surface area contributed by atoms with E-state index in [0.29, 0.717) is 5.56 Å².